The molecule has 0 fully saturated rings. The number of hydrogen-bond acceptors (Lipinski definition) is 4. The Morgan fingerprint density at radius 3 is 2.60 bits per heavy atom. The van der Waals surface area contributed by atoms with Gasteiger partial charge in [-0.2, -0.15) is 0 Å². The molecule has 4 heteroatoms. The molecule has 4 nitrogen and oxygen atoms in total. The Bertz CT molecular complexity index is 417. The first kappa shape index (κ1) is 11.5. The van der Waals surface area contributed by atoms with Gasteiger partial charge in [0.15, 0.2) is 0 Å². The second-order valence-corrected chi connectivity index (χ2v) is 3.14. The first-order valence-corrected chi connectivity index (χ1v) is 4.92. The van der Waals surface area contributed by atoms with E-state index in [0.717, 1.165) is 0 Å². The molecule has 0 atom stereocenters. The van der Waals surface area contributed by atoms with E-state index in [-0.39, 0.29) is 17.6 Å². The van der Waals surface area contributed by atoms with E-state index in [4.69, 9.17) is 9.15 Å². The molecule has 0 saturated carbocycles. The van der Waals surface area contributed by atoms with E-state index in [1.54, 1.807) is 13.8 Å². The molecule has 1 aromatic heterocycles. The molecule has 0 radical (unpaired) electrons. The van der Waals surface area contributed by atoms with E-state index in [2.05, 4.69) is 0 Å². The van der Waals surface area contributed by atoms with Crippen molar-refractivity contribution in [3.63, 3.8) is 0 Å². The summed E-state index contributed by atoms with van der Waals surface area (Å²) in [5.74, 6) is 0.503. The molecule has 0 aromatic carbocycles. The van der Waals surface area contributed by atoms with Gasteiger partial charge in [0.2, 0.25) is 11.2 Å². The molecule has 1 rings (SSSR count). The third-order valence-corrected chi connectivity index (χ3v) is 1.97. The van der Waals surface area contributed by atoms with Crippen LogP contribution in [0.25, 0.3) is 0 Å². The van der Waals surface area contributed by atoms with Gasteiger partial charge < -0.3 is 9.15 Å². The van der Waals surface area contributed by atoms with Gasteiger partial charge in [0.25, 0.3) is 0 Å². The lowest BCUT2D eigenvalue weighted by atomic mass is 10.3. The van der Waals surface area contributed by atoms with Crippen molar-refractivity contribution in [1.82, 2.24) is 0 Å². The molecule has 0 saturated heterocycles. The molecule has 82 valence electrons. The van der Waals surface area contributed by atoms with E-state index in [1.165, 1.54) is 6.07 Å². The number of aryl methyl sites for hydroxylation is 2. The summed E-state index contributed by atoms with van der Waals surface area (Å²) in [4.78, 5) is 22.6. The summed E-state index contributed by atoms with van der Waals surface area (Å²) >= 11 is 0. The summed E-state index contributed by atoms with van der Waals surface area (Å²) in [6, 6.07) is 1.35. The Morgan fingerprint density at radius 2 is 2.13 bits per heavy atom. The molecule has 0 aliphatic rings. The van der Waals surface area contributed by atoms with Crippen molar-refractivity contribution in [3.8, 4) is 5.75 Å². The summed E-state index contributed by atoms with van der Waals surface area (Å²) < 4.78 is 10.2. The van der Waals surface area contributed by atoms with Gasteiger partial charge in [-0.1, -0.05) is 13.8 Å². The van der Waals surface area contributed by atoms with Gasteiger partial charge in [0.1, 0.15) is 11.5 Å². The highest BCUT2D eigenvalue weighted by Crippen LogP contribution is 2.14. The largest absolute Gasteiger partial charge is 0.462 e. The highest BCUT2D eigenvalue weighted by molar-refractivity contribution is 5.72. The van der Waals surface area contributed by atoms with Crippen molar-refractivity contribution in [2.24, 2.45) is 0 Å². The summed E-state index contributed by atoms with van der Waals surface area (Å²) in [5.41, 5.74) is -0.308. The molecule has 0 aliphatic carbocycles. The third kappa shape index (κ3) is 2.68. The van der Waals surface area contributed by atoms with Gasteiger partial charge in [-0.15, -0.1) is 0 Å². The average molecular weight is 210 g/mol. The van der Waals surface area contributed by atoms with Crippen LogP contribution in [0.15, 0.2) is 15.3 Å². The second kappa shape index (κ2) is 4.77. The Labute approximate surface area is 87.9 Å². The standard InChI is InChI=1S/C11H14O4/c1-4-8-6-9(12)11(7(3)14-8)15-10(13)5-2/h6H,4-5H2,1-3H3. The molecule has 0 aliphatic heterocycles. The van der Waals surface area contributed by atoms with Crippen LogP contribution in [0.3, 0.4) is 0 Å². The van der Waals surface area contributed by atoms with E-state index in [9.17, 15) is 9.59 Å². The minimum absolute atomic E-state index is 0.000880. The van der Waals surface area contributed by atoms with Crippen molar-refractivity contribution in [2.45, 2.75) is 33.6 Å². The predicted octanol–water partition coefficient (Wildman–Crippen LogP) is 1.83. The van der Waals surface area contributed by atoms with E-state index >= 15 is 0 Å². The first-order chi connectivity index (χ1) is 7.08. The van der Waals surface area contributed by atoms with Gasteiger partial charge in [-0.25, -0.2) is 0 Å². The van der Waals surface area contributed by atoms with Crippen LogP contribution in [-0.4, -0.2) is 5.97 Å². The van der Waals surface area contributed by atoms with Crippen LogP contribution >= 0.6 is 0 Å². The lowest BCUT2D eigenvalue weighted by Crippen LogP contribution is -2.15. The van der Waals surface area contributed by atoms with E-state index in [0.29, 0.717) is 17.9 Å². The van der Waals surface area contributed by atoms with Crippen LogP contribution < -0.4 is 10.2 Å². The number of carbonyl (C=O) groups is 1. The fourth-order valence-electron chi connectivity index (χ4n) is 1.14. The van der Waals surface area contributed by atoms with Crippen LogP contribution in [0, 0.1) is 6.92 Å². The number of ether oxygens (including phenoxy) is 1. The van der Waals surface area contributed by atoms with Gasteiger partial charge in [0.05, 0.1) is 0 Å². The molecule has 0 N–H and O–H groups in total. The number of esters is 1. The van der Waals surface area contributed by atoms with Gasteiger partial charge >= 0.3 is 5.97 Å². The zero-order chi connectivity index (χ0) is 11.4. The average Bonchev–Trinajstić information content (AvgIpc) is 2.22. The van der Waals surface area contributed by atoms with Gasteiger partial charge in [0, 0.05) is 18.9 Å². The molecule has 1 heterocycles. The minimum atomic E-state index is -0.436. The zero-order valence-electron chi connectivity index (χ0n) is 9.12. The monoisotopic (exact) mass is 210 g/mol. The number of hydrogen-bond donors (Lipinski definition) is 0. The topological polar surface area (TPSA) is 56.5 Å². The molecule has 0 spiro atoms. The minimum Gasteiger partial charge on any atom is -0.462 e. The van der Waals surface area contributed by atoms with Crippen LogP contribution in [0.1, 0.15) is 31.8 Å². The Morgan fingerprint density at radius 1 is 1.47 bits per heavy atom. The van der Waals surface area contributed by atoms with Crippen molar-refractivity contribution in [2.75, 3.05) is 0 Å². The quantitative estimate of drug-likeness (QED) is 0.714. The highest BCUT2D eigenvalue weighted by Gasteiger charge is 2.12. The van der Waals surface area contributed by atoms with Crippen LogP contribution in [-0.2, 0) is 11.2 Å². The van der Waals surface area contributed by atoms with Crippen molar-refractivity contribution >= 4 is 5.97 Å². The second-order valence-electron chi connectivity index (χ2n) is 3.14. The van der Waals surface area contributed by atoms with Crippen LogP contribution in [0.5, 0.6) is 5.75 Å². The SMILES string of the molecule is CCC(=O)Oc1c(C)oc(CC)cc1=O. The first-order valence-electron chi connectivity index (χ1n) is 4.92. The third-order valence-electron chi connectivity index (χ3n) is 1.97. The summed E-state index contributed by atoms with van der Waals surface area (Å²) in [5, 5.41) is 0. The molecule has 1 aromatic rings. The van der Waals surface area contributed by atoms with Gasteiger partial charge in [-0.3, -0.25) is 9.59 Å². The summed E-state index contributed by atoms with van der Waals surface area (Å²) in [7, 11) is 0. The fourth-order valence-corrected chi connectivity index (χ4v) is 1.14. The zero-order valence-corrected chi connectivity index (χ0v) is 9.12. The van der Waals surface area contributed by atoms with E-state index < -0.39 is 5.97 Å². The predicted molar refractivity (Wildman–Crippen MR) is 55.0 cm³/mol. The van der Waals surface area contributed by atoms with Crippen LogP contribution in [0.2, 0.25) is 0 Å². The maximum atomic E-state index is 11.5. The molecule has 0 amide bonds. The van der Waals surface area contributed by atoms with Gasteiger partial charge in [-0.05, 0) is 6.92 Å². The summed E-state index contributed by atoms with van der Waals surface area (Å²) in [6.45, 7) is 5.16. The van der Waals surface area contributed by atoms with Crippen molar-refractivity contribution < 1.29 is 13.9 Å². The molecular weight excluding hydrogens is 196 g/mol. The lowest BCUT2D eigenvalue weighted by Gasteiger charge is -2.05. The number of rotatable bonds is 3. The fraction of sp³-hybridized carbons (Fsp3) is 0.455. The maximum Gasteiger partial charge on any atom is 0.311 e. The smallest absolute Gasteiger partial charge is 0.311 e. The molecule has 15 heavy (non-hydrogen) atoms. The van der Waals surface area contributed by atoms with E-state index in [1.807, 2.05) is 6.92 Å². The normalized spacial score (nSPS) is 10.1. The Balaban J connectivity index is 3.09. The van der Waals surface area contributed by atoms with Crippen molar-refractivity contribution in [3.05, 3.63) is 27.8 Å². The van der Waals surface area contributed by atoms with Crippen molar-refractivity contribution in [1.29, 1.82) is 0 Å². The molecular formula is C11H14O4. The number of carbonyl (C=O) groups excluding carboxylic acids is 1. The van der Waals surface area contributed by atoms with Crippen LogP contribution in [0.4, 0.5) is 0 Å². The molecule has 0 bridgehead atoms. The molecule has 0 unspecified atom stereocenters. The lowest BCUT2D eigenvalue weighted by molar-refractivity contribution is -0.134. The Kier molecular flexibility index (Phi) is 3.66. The highest BCUT2D eigenvalue weighted by atomic mass is 16.5. The maximum absolute atomic E-state index is 11.5. The Hall–Kier alpha value is -1.58. The summed E-state index contributed by atoms with van der Waals surface area (Å²) in [6.07, 6.45) is 0.868.